The molecule has 0 radical (unpaired) electrons. The van der Waals surface area contributed by atoms with Crippen LogP contribution >= 0.6 is 7.82 Å². The highest BCUT2D eigenvalue weighted by Gasteiger charge is 2.52. The number of benzene rings is 1. The van der Waals surface area contributed by atoms with Crippen LogP contribution in [0.1, 0.15) is 23.7 Å². The molecule has 0 unspecified atom stereocenters. The molecule has 5 atom stereocenters. The molecule has 0 saturated carbocycles. The number of nitrogens with two attached hydrogens (primary N) is 1. The standard InChI is InChI=1S/C16H22NO11P/c1-2-11(19)26-14-13(28-29(22,23)24)12(20)10(7-18)25-16(14)27-15(21)8-5-3-4-6-9(8)17/h3-6,10,12-14,16,18,20H,2,7,17H2,1H3,(H2,22,23,24)/t10-,12-,13+,14-,16+/m1/s1. The second-order valence-electron chi connectivity index (χ2n) is 6.08. The zero-order valence-corrected chi connectivity index (χ0v) is 16.2. The Kier molecular flexibility index (Phi) is 7.72. The summed E-state index contributed by atoms with van der Waals surface area (Å²) in [7, 11) is -5.17. The minimum atomic E-state index is -5.17. The SMILES string of the molecule is CCC(=O)O[C@H]1[C@H](OC(=O)c2ccccc2N)O[C@H](CO)[C@@H](O)[C@@H]1OP(=O)(O)O. The molecule has 1 aromatic carbocycles. The van der Waals surface area contributed by atoms with Gasteiger partial charge >= 0.3 is 19.8 Å². The first kappa shape index (κ1) is 23.2. The monoisotopic (exact) mass is 435 g/mol. The van der Waals surface area contributed by atoms with E-state index in [-0.39, 0.29) is 17.7 Å². The van der Waals surface area contributed by atoms with Crippen molar-refractivity contribution in [3.63, 3.8) is 0 Å². The number of carbonyl (C=O) groups excluding carboxylic acids is 2. The molecule has 162 valence electrons. The fraction of sp³-hybridized carbons (Fsp3) is 0.500. The first-order valence-electron chi connectivity index (χ1n) is 8.50. The number of phosphoric ester groups is 1. The quantitative estimate of drug-likeness (QED) is 0.206. The van der Waals surface area contributed by atoms with E-state index in [1.54, 1.807) is 6.07 Å². The minimum absolute atomic E-state index is 0.0456. The van der Waals surface area contributed by atoms with Gasteiger partial charge in [0.1, 0.15) is 18.3 Å². The number of hydrogen-bond donors (Lipinski definition) is 5. The average Bonchev–Trinajstić information content (AvgIpc) is 2.65. The highest BCUT2D eigenvalue weighted by Crippen LogP contribution is 2.42. The van der Waals surface area contributed by atoms with E-state index < -0.39 is 57.1 Å². The van der Waals surface area contributed by atoms with Gasteiger partial charge in [0.25, 0.3) is 0 Å². The Morgan fingerprint density at radius 1 is 1.21 bits per heavy atom. The molecule has 1 heterocycles. The lowest BCUT2D eigenvalue weighted by Crippen LogP contribution is -2.61. The summed E-state index contributed by atoms with van der Waals surface area (Å²) in [6.07, 6.45) is -8.74. The number of anilines is 1. The van der Waals surface area contributed by atoms with E-state index >= 15 is 0 Å². The summed E-state index contributed by atoms with van der Waals surface area (Å²) in [6, 6.07) is 5.89. The van der Waals surface area contributed by atoms with Gasteiger partial charge in [0, 0.05) is 12.1 Å². The third-order valence-corrected chi connectivity index (χ3v) is 4.54. The van der Waals surface area contributed by atoms with Crippen LogP contribution in [0.2, 0.25) is 0 Å². The lowest BCUT2D eigenvalue weighted by molar-refractivity contribution is -0.286. The zero-order valence-electron chi connectivity index (χ0n) is 15.3. The number of esters is 2. The number of para-hydroxylation sites is 1. The predicted molar refractivity (Wildman–Crippen MR) is 95.1 cm³/mol. The summed E-state index contributed by atoms with van der Waals surface area (Å²) in [5.41, 5.74) is 5.75. The van der Waals surface area contributed by atoms with Gasteiger partial charge in [0.15, 0.2) is 6.10 Å². The summed E-state index contributed by atoms with van der Waals surface area (Å²) in [4.78, 5) is 42.5. The molecule has 1 aromatic rings. The van der Waals surface area contributed by atoms with Crippen molar-refractivity contribution in [1.82, 2.24) is 0 Å². The molecule has 1 saturated heterocycles. The van der Waals surface area contributed by atoms with Crippen molar-refractivity contribution in [3.8, 4) is 0 Å². The third kappa shape index (κ3) is 5.97. The Morgan fingerprint density at radius 2 is 1.86 bits per heavy atom. The largest absolute Gasteiger partial charge is 0.470 e. The fourth-order valence-corrected chi connectivity index (χ4v) is 3.19. The van der Waals surface area contributed by atoms with Gasteiger partial charge in [-0.15, -0.1) is 0 Å². The molecule has 1 aliphatic heterocycles. The average molecular weight is 435 g/mol. The van der Waals surface area contributed by atoms with Gasteiger partial charge in [-0.05, 0) is 12.1 Å². The van der Waals surface area contributed by atoms with Gasteiger partial charge in [0.05, 0.1) is 12.2 Å². The van der Waals surface area contributed by atoms with Crippen molar-refractivity contribution in [2.75, 3.05) is 12.3 Å². The third-order valence-electron chi connectivity index (χ3n) is 4.02. The van der Waals surface area contributed by atoms with Gasteiger partial charge in [-0.1, -0.05) is 19.1 Å². The summed E-state index contributed by atoms with van der Waals surface area (Å²) in [5.74, 6) is -1.83. The van der Waals surface area contributed by atoms with Crippen molar-refractivity contribution in [2.24, 2.45) is 0 Å². The van der Waals surface area contributed by atoms with Gasteiger partial charge in [-0.25, -0.2) is 9.36 Å². The van der Waals surface area contributed by atoms with Crippen molar-refractivity contribution < 1.29 is 52.9 Å². The number of phosphoric acid groups is 1. The first-order chi connectivity index (χ1) is 13.6. The van der Waals surface area contributed by atoms with E-state index in [2.05, 4.69) is 4.52 Å². The predicted octanol–water partition coefficient (Wildman–Crippen LogP) is -0.697. The van der Waals surface area contributed by atoms with Gasteiger partial charge in [0.2, 0.25) is 6.29 Å². The Morgan fingerprint density at radius 3 is 2.41 bits per heavy atom. The number of ether oxygens (including phenoxy) is 3. The van der Waals surface area contributed by atoms with Crippen LogP contribution in [0.5, 0.6) is 0 Å². The highest BCUT2D eigenvalue weighted by atomic mass is 31.2. The zero-order chi connectivity index (χ0) is 21.8. The number of carbonyl (C=O) groups is 2. The lowest BCUT2D eigenvalue weighted by atomic mass is 9.99. The van der Waals surface area contributed by atoms with E-state index in [1.807, 2.05) is 0 Å². The van der Waals surface area contributed by atoms with Crippen LogP contribution in [0.25, 0.3) is 0 Å². The van der Waals surface area contributed by atoms with Gasteiger partial charge < -0.3 is 39.9 Å². The summed E-state index contributed by atoms with van der Waals surface area (Å²) < 4.78 is 31.4. The molecule has 13 heteroatoms. The van der Waals surface area contributed by atoms with Crippen molar-refractivity contribution in [3.05, 3.63) is 29.8 Å². The molecule has 12 nitrogen and oxygen atoms in total. The van der Waals surface area contributed by atoms with Crippen LogP contribution in [-0.4, -0.2) is 69.3 Å². The summed E-state index contributed by atoms with van der Waals surface area (Å²) in [5, 5.41) is 19.7. The van der Waals surface area contributed by atoms with Crippen LogP contribution < -0.4 is 5.73 Å². The molecular weight excluding hydrogens is 413 g/mol. The Balaban J connectivity index is 2.36. The lowest BCUT2D eigenvalue weighted by Gasteiger charge is -2.42. The number of aliphatic hydroxyl groups excluding tert-OH is 2. The van der Waals surface area contributed by atoms with Crippen LogP contribution in [0, 0.1) is 0 Å². The molecule has 1 aliphatic rings. The minimum Gasteiger partial charge on any atom is -0.453 e. The van der Waals surface area contributed by atoms with Gasteiger partial charge in [-0.2, -0.15) is 0 Å². The van der Waals surface area contributed by atoms with Crippen molar-refractivity contribution in [2.45, 2.75) is 44.1 Å². The topological polar surface area (TPSA) is 195 Å². The molecule has 0 spiro atoms. The highest BCUT2D eigenvalue weighted by molar-refractivity contribution is 7.46. The van der Waals surface area contributed by atoms with Crippen molar-refractivity contribution >= 4 is 25.4 Å². The van der Waals surface area contributed by atoms with Crippen LogP contribution in [0.4, 0.5) is 5.69 Å². The van der Waals surface area contributed by atoms with Crippen LogP contribution in [0.3, 0.4) is 0 Å². The molecule has 0 aromatic heterocycles. The number of rotatable bonds is 7. The second-order valence-corrected chi connectivity index (χ2v) is 7.27. The van der Waals surface area contributed by atoms with E-state index in [1.165, 1.54) is 25.1 Å². The number of aliphatic hydroxyl groups is 2. The molecule has 0 aliphatic carbocycles. The molecule has 0 amide bonds. The summed E-state index contributed by atoms with van der Waals surface area (Å²) in [6.45, 7) is 0.641. The van der Waals surface area contributed by atoms with Crippen LogP contribution in [0.15, 0.2) is 24.3 Å². The Hall–Kier alpha value is -2.05. The maximum absolute atomic E-state index is 12.5. The molecule has 0 bridgehead atoms. The number of nitrogen functional groups attached to an aromatic ring is 1. The maximum atomic E-state index is 12.5. The van der Waals surface area contributed by atoms with E-state index in [9.17, 15) is 24.4 Å². The smallest absolute Gasteiger partial charge is 0.453 e. The molecular formula is C16H22NO11P. The summed E-state index contributed by atoms with van der Waals surface area (Å²) >= 11 is 0. The second kappa shape index (κ2) is 9.63. The molecule has 2 rings (SSSR count). The Labute approximate surface area is 165 Å². The fourth-order valence-electron chi connectivity index (χ4n) is 2.63. The first-order valence-corrected chi connectivity index (χ1v) is 10.0. The molecule has 1 fully saturated rings. The van der Waals surface area contributed by atoms with E-state index in [0.717, 1.165) is 0 Å². The van der Waals surface area contributed by atoms with Crippen molar-refractivity contribution in [1.29, 1.82) is 0 Å². The molecule has 29 heavy (non-hydrogen) atoms. The Bertz CT molecular complexity index is 782. The molecule has 6 N–H and O–H groups in total. The van der Waals surface area contributed by atoms with E-state index in [4.69, 9.17) is 29.7 Å². The normalized spacial score (nSPS) is 27.3. The number of hydrogen-bond acceptors (Lipinski definition) is 10. The van der Waals surface area contributed by atoms with E-state index in [0.29, 0.717) is 0 Å². The maximum Gasteiger partial charge on any atom is 0.470 e. The van der Waals surface area contributed by atoms with Gasteiger partial charge in [-0.3, -0.25) is 9.32 Å². The van der Waals surface area contributed by atoms with Crippen LogP contribution in [-0.2, 0) is 28.1 Å².